The maximum absolute atomic E-state index is 5.50. The highest BCUT2D eigenvalue weighted by molar-refractivity contribution is 9.10. The van der Waals surface area contributed by atoms with Gasteiger partial charge in [-0.25, -0.2) is 9.97 Å². The minimum Gasteiger partial charge on any atom is -0.496 e. The van der Waals surface area contributed by atoms with E-state index in [1.165, 1.54) is 0 Å². The smallest absolute Gasteiger partial charge is 0.159 e. The van der Waals surface area contributed by atoms with Crippen LogP contribution >= 0.6 is 27.7 Å². The summed E-state index contributed by atoms with van der Waals surface area (Å²) in [5.74, 6) is 2.47. The number of hydrogen-bond acceptors (Lipinski definition) is 6. The molecule has 0 aliphatic heterocycles. The summed E-state index contributed by atoms with van der Waals surface area (Å²) >= 11 is 5.21. The molecule has 1 heterocycles. The predicted molar refractivity (Wildman–Crippen MR) is 121 cm³/mol. The summed E-state index contributed by atoms with van der Waals surface area (Å²) in [6.45, 7) is 4.95. The van der Waals surface area contributed by atoms with E-state index < -0.39 is 0 Å². The Hall–Kier alpha value is -1.83. The Labute approximate surface area is 178 Å². The van der Waals surface area contributed by atoms with Crippen molar-refractivity contribution in [2.45, 2.75) is 24.1 Å². The molecular weight excluding hydrogens is 436 g/mol. The van der Waals surface area contributed by atoms with Crippen LogP contribution in [-0.2, 0) is 5.75 Å². The molecule has 0 fully saturated rings. The number of nitrogens with one attached hydrogen (secondary N) is 2. The van der Waals surface area contributed by atoms with E-state index in [-0.39, 0.29) is 0 Å². The Balaban J connectivity index is 1.79. The van der Waals surface area contributed by atoms with Gasteiger partial charge >= 0.3 is 0 Å². The summed E-state index contributed by atoms with van der Waals surface area (Å²) in [5, 5.41) is 7.72. The molecule has 0 aliphatic rings. The fourth-order valence-corrected chi connectivity index (χ4v) is 4.15. The Morgan fingerprint density at radius 3 is 2.61 bits per heavy atom. The molecule has 28 heavy (non-hydrogen) atoms. The summed E-state index contributed by atoms with van der Waals surface area (Å²) in [4.78, 5) is 9.66. The lowest BCUT2D eigenvalue weighted by atomic mass is 10.2. The number of fused-ring (bicyclic) bond motifs is 1. The van der Waals surface area contributed by atoms with Crippen LogP contribution in [0.3, 0.4) is 0 Å². The molecule has 0 saturated heterocycles. The average molecular weight is 461 g/mol. The zero-order valence-corrected chi connectivity index (χ0v) is 18.6. The zero-order chi connectivity index (χ0) is 19.8. The quantitative estimate of drug-likeness (QED) is 0.324. The van der Waals surface area contributed by atoms with E-state index in [0.29, 0.717) is 0 Å². The average Bonchev–Trinajstić information content (AvgIpc) is 2.72. The number of benzene rings is 2. The summed E-state index contributed by atoms with van der Waals surface area (Å²) in [6, 6.07) is 14.0. The number of thioether (sulfide) groups is 1. The van der Waals surface area contributed by atoms with Crippen LogP contribution in [0.1, 0.15) is 18.9 Å². The fraction of sp³-hybridized carbons (Fsp3) is 0.333. The maximum atomic E-state index is 5.50. The number of para-hydroxylation sites is 2. The molecule has 0 atom stereocenters. The molecule has 0 radical (unpaired) electrons. The van der Waals surface area contributed by atoms with Gasteiger partial charge in [-0.15, -0.1) is 0 Å². The molecule has 3 rings (SSSR count). The summed E-state index contributed by atoms with van der Waals surface area (Å²) in [6.07, 6.45) is 1.03. The van der Waals surface area contributed by atoms with Gasteiger partial charge in [-0.1, -0.05) is 46.7 Å². The zero-order valence-electron chi connectivity index (χ0n) is 16.2. The van der Waals surface area contributed by atoms with Gasteiger partial charge in [0.1, 0.15) is 10.8 Å². The van der Waals surface area contributed by atoms with E-state index >= 15 is 0 Å². The first-order chi connectivity index (χ1) is 13.7. The third kappa shape index (κ3) is 5.59. The molecule has 148 valence electrons. The lowest BCUT2D eigenvalue weighted by Gasteiger charge is -2.13. The maximum Gasteiger partial charge on any atom is 0.159 e. The highest BCUT2D eigenvalue weighted by atomic mass is 79.9. The monoisotopic (exact) mass is 460 g/mol. The number of nitrogens with zero attached hydrogens (tertiary/aromatic N) is 2. The van der Waals surface area contributed by atoms with Crippen LogP contribution in [0.25, 0.3) is 11.0 Å². The van der Waals surface area contributed by atoms with Gasteiger partial charge in [0.2, 0.25) is 0 Å². The first kappa shape index (κ1) is 20.9. The van der Waals surface area contributed by atoms with Crippen molar-refractivity contribution in [3.05, 3.63) is 52.5 Å². The van der Waals surface area contributed by atoms with E-state index in [9.17, 15) is 0 Å². The predicted octanol–water partition coefficient (Wildman–Crippen LogP) is 5.10. The second kappa shape index (κ2) is 10.6. The van der Waals surface area contributed by atoms with Gasteiger partial charge in [0, 0.05) is 22.3 Å². The molecule has 7 heteroatoms. The van der Waals surface area contributed by atoms with E-state index in [4.69, 9.17) is 14.7 Å². The topological polar surface area (TPSA) is 59.1 Å². The number of halogens is 1. The van der Waals surface area contributed by atoms with Gasteiger partial charge in [0.25, 0.3) is 0 Å². The Kier molecular flexibility index (Phi) is 7.94. The van der Waals surface area contributed by atoms with Crippen LogP contribution in [0.4, 0.5) is 5.82 Å². The van der Waals surface area contributed by atoms with Gasteiger partial charge in [0.05, 0.1) is 18.1 Å². The molecular formula is C21H25BrN4OS. The van der Waals surface area contributed by atoms with Crippen molar-refractivity contribution in [2.24, 2.45) is 0 Å². The minimum absolute atomic E-state index is 0.752. The van der Waals surface area contributed by atoms with Crippen LogP contribution in [0.5, 0.6) is 5.75 Å². The lowest BCUT2D eigenvalue weighted by Crippen LogP contribution is -2.17. The highest BCUT2D eigenvalue weighted by Gasteiger charge is 2.12. The molecule has 0 unspecified atom stereocenters. The normalized spacial score (nSPS) is 11.0. The number of anilines is 1. The van der Waals surface area contributed by atoms with Crippen molar-refractivity contribution in [3.8, 4) is 5.75 Å². The second-order valence-corrected chi connectivity index (χ2v) is 8.12. The molecule has 5 nitrogen and oxygen atoms in total. The molecule has 3 aromatic rings. The van der Waals surface area contributed by atoms with Gasteiger partial charge < -0.3 is 15.4 Å². The second-order valence-electron chi connectivity index (χ2n) is 6.24. The van der Waals surface area contributed by atoms with Gasteiger partial charge in [-0.2, -0.15) is 0 Å². The molecule has 0 amide bonds. The number of aromatic nitrogens is 2. The Morgan fingerprint density at radius 1 is 1.07 bits per heavy atom. The van der Waals surface area contributed by atoms with Crippen LogP contribution < -0.4 is 15.4 Å². The number of methoxy groups -OCH3 is 1. The van der Waals surface area contributed by atoms with Crippen LogP contribution in [0, 0.1) is 0 Å². The molecule has 1 aromatic heterocycles. The van der Waals surface area contributed by atoms with Gasteiger partial charge in [0.15, 0.2) is 5.82 Å². The summed E-state index contributed by atoms with van der Waals surface area (Å²) < 4.78 is 6.54. The van der Waals surface area contributed by atoms with Crippen LogP contribution in [-0.4, -0.2) is 36.7 Å². The van der Waals surface area contributed by atoms with Crippen LogP contribution in [0.15, 0.2) is 52.0 Å². The first-order valence-corrected chi connectivity index (χ1v) is 11.2. The van der Waals surface area contributed by atoms with Crippen molar-refractivity contribution in [3.63, 3.8) is 0 Å². The highest BCUT2D eigenvalue weighted by Crippen LogP contribution is 2.33. The molecule has 0 bridgehead atoms. The van der Waals surface area contributed by atoms with E-state index in [2.05, 4.69) is 39.6 Å². The largest absolute Gasteiger partial charge is 0.496 e. The molecule has 2 N–H and O–H groups in total. The van der Waals surface area contributed by atoms with Crippen molar-refractivity contribution < 1.29 is 4.74 Å². The SMILES string of the molecule is CCNCCCNc1nc2ccccc2nc1SCc1cc(Br)ccc1OC. The van der Waals surface area contributed by atoms with Crippen LogP contribution in [0.2, 0.25) is 0 Å². The Bertz CT molecular complexity index is 922. The van der Waals surface area contributed by atoms with E-state index in [1.54, 1.807) is 18.9 Å². The molecule has 0 aliphatic carbocycles. The minimum atomic E-state index is 0.752. The summed E-state index contributed by atoms with van der Waals surface area (Å²) in [7, 11) is 1.70. The van der Waals surface area contributed by atoms with Crippen molar-refractivity contribution >= 4 is 44.5 Å². The van der Waals surface area contributed by atoms with Crippen molar-refractivity contribution in [2.75, 3.05) is 32.1 Å². The van der Waals surface area contributed by atoms with Gasteiger partial charge in [-0.3, -0.25) is 0 Å². The Morgan fingerprint density at radius 2 is 1.86 bits per heavy atom. The number of hydrogen-bond donors (Lipinski definition) is 2. The molecule has 0 spiro atoms. The number of ether oxygens (including phenoxy) is 1. The molecule has 2 aromatic carbocycles. The van der Waals surface area contributed by atoms with Gasteiger partial charge in [-0.05, 0) is 49.8 Å². The lowest BCUT2D eigenvalue weighted by molar-refractivity contribution is 0.411. The van der Waals surface area contributed by atoms with Crippen molar-refractivity contribution in [1.82, 2.24) is 15.3 Å². The third-order valence-electron chi connectivity index (χ3n) is 4.22. The van der Waals surface area contributed by atoms with E-state index in [1.807, 2.05) is 36.4 Å². The fourth-order valence-electron chi connectivity index (χ4n) is 2.80. The first-order valence-electron chi connectivity index (χ1n) is 9.38. The summed E-state index contributed by atoms with van der Waals surface area (Å²) in [5.41, 5.74) is 2.93. The molecule has 0 saturated carbocycles. The third-order valence-corrected chi connectivity index (χ3v) is 5.72. The van der Waals surface area contributed by atoms with Crippen molar-refractivity contribution in [1.29, 1.82) is 0 Å². The standard InChI is InChI=1S/C21H25BrN4OS/c1-3-23-11-6-12-24-20-21(26-18-8-5-4-7-17(18)25-20)28-14-15-13-16(22)9-10-19(15)27-2/h4-5,7-10,13,23H,3,6,11-12,14H2,1-2H3,(H,24,25). The number of rotatable bonds is 10. The van der Waals surface area contributed by atoms with E-state index in [0.717, 1.165) is 69.5 Å².